The molecule has 8 heteroatoms. The molecule has 2 rings (SSSR count). The van der Waals surface area contributed by atoms with Crippen molar-refractivity contribution in [1.29, 1.82) is 0 Å². The molecule has 0 saturated carbocycles. The number of carbonyl (C=O) groups excluding carboxylic acids is 3. The van der Waals surface area contributed by atoms with Crippen LogP contribution >= 0.6 is 22.6 Å². The lowest BCUT2D eigenvalue weighted by atomic mass is 10.0. The quantitative estimate of drug-likeness (QED) is 0.421. The third-order valence-corrected chi connectivity index (χ3v) is 4.88. The van der Waals surface area contributed by atoms with E-state index >= 15 is 0 Å². The summed E-state index contributed by atoms with van der Waals surface area (Å²) in [7, 11) is 1.24. The Morgan fingerprint density at radius 3 is 2.38 bits per heavy atom. The van der Waals surface area contributed by atoms with Gasteiger partial charge in [-0.2, -0.15) is 0 Å². The van der Waals surface area contributed by atoms with Crippen LogP contribution in [0.25, 0.3) is 0 Å². The highest BCUT2D eigenvalue weighted by Crippen LogP contribution is 2.12. The highest BCUT2D eigenvalue weighted by Gasteiger charge is 2.27. The normalized spacial score (nSPS) is 12.6. The van der Waals surface area contributed by atoms with Gasteiger partial charge in [-0.25, -0.2) is 9.18 Å². The average molecular weight is 512 g/mol. The van der Waals surface area contributed by atoms with Crippen molar-refractivity contribution in [2.24, 2.45) is 0 Å². The minimum atomic E-state index is -1.03. The van der Waals surface area contributed by atoms with E-state index in [9.17, 15) is 18.8 Å². The molecule has 0 bridgehead atoms. The average Bonchev–Trinajstić information content (AvgIpc) is 2.67. The Morgan fingerprint density at radius 2 is 1.76 bits per heavy atom. The van der Waals surface area contributed by atoms with Crippen LogP contribution in [-0.4, -0.2) is 37.0 Å². The summed E-state index contributed by atoms with van der Waals surface area (Å²) < 4.78 is 19.8. The molecule has 6 nitrogen and oxygen atoms in total. The number of rotatable bonds is 8. The maximum Gasteiger partial charge on any atom is 0.328 e. The molecule has 2 atom stereocenters. The van der Waals surface area contributed by atoms with Gasteiger partial charge in [-0.05, 0) is 51.9 Å². The number of nitrogens with one attached hydrogen (secondary N) is 2. The molecule has 154 valence electrons. The summed E-state index contributed by atoms with van der Waals surface area (Å²) in [5, 5.41) is 5.15. The first-order chi connectivity index (χ1) is 13.8. The molecule has 0 fully saturated rings. The first-order valence-electron chi connectivity index (χ1n) is 8.93. The molecule has 0 aromatic heterocycles. The van der Waals surface area contributed by atoms with Crippen LogP contribution in [-0.2, 0) is 32.0 Å². The molecule has 0 saturated heterocycles. The first-order valence-corrected chi connectivity index (χ1v) is 10.0. The van der Waals surface area contributed by atoms with Crippen molar-refractivity contribution in [2.45, 2.75) is 31.8 Å². The zero-order valence-corrected chi connectivity index (χ0v) is 18.2. The van der Waals surface area contributed by atoms with Crippen LogP contribution in [0.15, 0.2) is 48.5 Å². The second-order valence-corrected chi connectivity index (χ2v) is 7.71. The van der Waals surface area contributed by atoms with Crippen LogP contribution in [0.4, 0.5) is 4.39 Å². The monoisotopic (exact) mass is 512 g/mol. The van der Waals surface area contributed by atoms with Crippen LogP contribution in [0.5, 0.6) is 0 Å². The fourth-order valence-corrected chi connectivity index (χ4v) is 3.45. The van der Waals surface area contributed by atoms with E-state index in [0.29, 0.717) is 0 Å². The number of amides is 2. The second kappa shape index (κ2) is 10.9. The maximum absolute atomic E-state index is 14.0. The minimum Gasteiger partial charge on any atom is -0.467 e. The highest BCUT2D eigenvalue weighted by molar-refractivity contribution is 14.1. The predicted octanol–water partition coefficient (Wildman–Crippen LogP) is 2.38. The Hall–Kier alpha value is -2.49. The molecule has 0 aliphatic heterocycles. The molecule has 2 aromatic carbocycles. The summed E-state index contributed by atoms with van der Waals surface area (Å²) in [6.45, 7) is 1.27. The number of halogens is 2. The largest absolute Gasteiger partial charge is 0.467 e. The topological polar surface area (TPSA) is 84.5 Å². The number of benzene rings is 2. The van der Waals surface area contributed by atoms with Gasteiger partial charge >= 0.3 is 5.97 Å². The summed E-state index contributed by atoms with van der Waals surface area (Å²) in [5.74, 6) is -2.11. The number of carbonyl (C=O) groups is 3. The molecule has 0 spiro atoms. The van der Waals surface area contributed by atoms with Gasteiger partial charge in [-0.1, -0.05) is 30.3 Å². The number of ether oxygens (including phenoxy) is 1. The second-order valence-electron chi connectivity index (χ2n) is 6.47. The molecule has 0 aliphatic rings. The van der Waals surface area contributed by atoms with Gasteiger partial charge in [-0.15, -0.1) is 0 Å². The van der Waals surface area contributed by atoms with Crippen LogP contribution in [0, 0.1) is 9.39 Å². The number of hydrogen-bond acceptors (Lipinski definition) is 4. The molecule has 2 aromatic rings. The smallest absolute Gasteiger partial charge is 0.328 e. The van der Waals surface area contributed by atoms with Crippen LogP contribution in [0.1, 0.15) is 18.1 Å². The van der Waals surface area contributed by atoms with E-state index in [0.717, 1.165) is 9.13 Å². The Morgan fingerprint density at radius 1 is 1.03 bits per heavy atom. The van der Waals surface area contributed by atoms with Crippen molar-refractivity contribution in [3.63, 3.8) is 0 Å². The van der Waals surface area contributed by atoms with Gasteiger partial charge in [0.15, 0.2) is 0 Å². The Labute approximate surface area is 182 Å². The van der Waals surface area contributed by atoms with Crippen molar-refractivity contribution in [3.05, 3.63) is 69.0 Å². The van der Waals surface area contributed by atoms with Crippen molar-refractivity contribution in [2.75, 3.05) is 7.11 Å². The zero-order valence-electron chi connectivity index (χ0n) is 16.1. The molecule has 0 radical (unpaired) electrons. The van der Waals surface area contributed by atoms with E-state index in [1.807, 2.05) is 24.3 Å². The highest BCUT2D eigenvalue weighted by atomic mass is 127. The fraction of sp³-hybridized carbons (Fsp3) is 0.286. The number of hydrogen-bond donors (Lipinski definition) is 2. The summed E-state index contributed by atoms with van der Waals surface area (Å²) >= 11 is 2.16. The Balaban J connectivity index is 2.19. The fourth-order valence-electron chi connectivity index (χ4n) is 2.85. The number of methoxy groups -OCH3 is 1. The lowest BCUT2D eigenvalue weighted by Crippen LogP contribution is -2.53. The molecular weight excluding hydrogens is 490 g/mol. The van der Waals surface area contributed by atoms with E-state index in [4.69, 9.17) is 4.74 Å². The summed E-state index contributed by atoms with van der Waals surface area (Å²) in [4.78, 5) is 36.6. The van der Waals surface area contributed by atoms with Gasteiger partial charge in [0.25, 0.3) is 0 Å². The summed E-state index contributed by atoms with van der Waals surface area (Å²) in [6, 6.07) is 11.5. The molecule has 0 aliphatic carbocycles. The van der Waals surface area contributed by atoms with Crippen LogP contribution in [0.2, 0.25) is 0 Å². The van der Waals surface area contributed by atoms with Gasteiger partial charge in [-0.3, -0.25) is 9.59 Å². The Kier molecular flexibility index (Phi) is 8.56. The predicted molar refractivity (Wildman–Crippen MR) is 115 cm³/mol. The van der Waals surface area contributed by atoms with Crippen molar-refractivity contribution in [1.82, 2.24) is 10.6 Å². The van der Waals surface area contributed by atoms with Gasteiger partial charge in [0.1, 0.15) is 17.9 Å². The van der Waals surface area contributed by atoms with Gasteiger partial charge in [0.05, 0.1) is 7.11 Å². The van der Waals surface area contributed by atoms with E-state index in [2.05, 4.69) is 33.2 Å². The third kappa shape index (κ3) is 7.12. The summed E-state index contributed by atoms with van der Waals surface area (Å²) in [6.07, 6.45) is 0.178. The molecule has 2 N–H and O–H groups in total. The maximum atomic E-state index is 14.0. The van der Waals surface area contributed by atoms with Crippen molar-refractivity contribution < 1.29 is 23.5 Å². The van der Waals surface area contributed by atoms with Gasteiger partial charge in [0, 0.05) is 23.3 Å². The number of esters is 1. The third-order valence-electron chi connectivity index (χ3n) is 4.21. The van der Waals surface area contributed by atoms with E-state index < -0.39 is 35.7 Å². The minimum absolute atomic E-state index is 0.0464. The van der Waals surface area contributed by atoms with Gasteiger partial charge in [0.2, 0.25) is 11.8 Å². The SMILES string of the molecule is COC(=O)[C@H](Cc1cccc(I)c1)NC(=O)[C@@H](Cc1ccccc1F)NC(C)=O. The van der Waals surface area contributed by atoms with Crippen molar-refractivity contribution >= 4 is 40.4 Å². The molecule has 0 heterocycles. The lowest BCUT2D eigenvalue weighted by molar-refractivity contribution is -0.145. The van der Waals surface area contributed by atoms with E-state index in [1.165, 1.54) is 20.1 Å². The molecule has 0 unspecified atom stereocenters. The standard InChI is InChI=1S/C21H22FIN2O4/c1-13(26)24-18(12-15-7-3-4-9-17(15)22)20(27)25-19(21(28)29-2)11-14-6-5-8-16(23)10-14/h3-10,18-19H,11-12H2,1-2H3,(H,24,26)(H,25,27)/t18-,19+/m1/s1. The molecular formula is C21H22FIN2O4. The zero-order chi connectivity index (χ0) is 21.4. The van der Waals surface area contributed by atoms with E-state index in [1.54, 1.807) is 18.2 Å². The van der Waals surface area contributed by atoms with Crippen molar-refractivity contribution in [3.8, 4) is 0 Å². The van der Waals surface area contributed by atoms with Gasteiger partial charge < -0.3 is 15.4 Å². The Bertz CT molecular complexity index is 890. The van der Waals surface area contributed by atoms with Crippen LogP contribution in [0.3, 0.4) is 0 Å². The lowest BCUT2D eigenvalue weighted by Gasteiger charge is -2.22. The van der Waals surface area contributed by atoms with Crippen LogP contribution < -0.4 is 10.6 Å². The molecule has 2 amide bonds. The summed E-state index contributed by atoms with van der Waals surface area (Å²) in [5.41, 5.74) is 1.13. The first kappa shape index (κ1) is 22.8. The molecule has 29 heavy (non-hydrogen) atoms. The van der Waals surface area contributed by atoms with E-state index in [-0.39, 0.29) is 18.4 Å².